The number of allylic oxidation sites excluding steroid dienone is 1. The second kappa shape index (κ2) is 5.09. The molecule has 0 heterocycles. The highest BCUT2D eigenvalue weighted by Crippen LogP contribution is 2.17. The van der Waals surface area contributed by atoms with Crippen LogP contribution in [-0.4, -0.2) is 18.9 Å². The van der Waals surface area contributed by atoms with E-state index in [2.05, 4.69) is 27.2 Å². The van der Waals surface area contributed by atoms with Gasteiger partial charge in [0.05, 0.1) is 7.11 Å². The Morgan fingerprint density at radius 1 is 1.58 bits per heavy atom. The Bertz CT molecular complexity index is 210. The molecule has 3 nitrogen and oxygen atoms in total. The first-order valence-corrected chi connectivity index (χ1v) is 4.20. The van der Waals surface area contributed by atoms with Gasteiger partial charge in [-0.2, -0.15) is 0 Å². The van der Waals surface area contributed by atoms with Gasteiger partial charge < -0.3 is 4.74 Å². The van der Waals surface area contributed by atoms with Crippen molar-refractivity contribution in [1.29, 1.82) is 0 Å². The zero-order valence-corrected chi connectivity index (χ0v) is 8.68. The van der Waals surface area contributed by atoms with Crippen molar-refractivity contribution in [3.05, 3.63) is 11.1 Å². The normalized spacial score (nSPS) is 11.9. The van der Waals surface area contributed by atoms with Gasteiger partial charge in [-0.25, -0.2) is 0 Å². The molecule has 0 aliphatic heterocycles. The molecule has 0 aliphatic rings. The van der Waals surface area contributed by atoms with Crippen molar-refractivity contribution in [1.82, 2.24) is 0 Å². The largest absolute Gasteiger partial charge is 0.468 e. The van der Waals surface area contributed by atoms with Gasteiger partial charge in [-0.3, -0.25) is 9.59 Å². The molecule has 0 rings (SSSR count). The monoisotopic (exact) mass is 234 g/mol. The number of ketones is 1. The van der Waals surface area contributed by atoms with Crippen LogP contribution in [0, 0.1) is 5.92 Å². The molecular weight excluding hydrogens is 224 g/mol. The van der Waals surface area contributed by atoms with Crippen LogP contribution in [0.1, 0.15) is 13.3 Å². The summed E-state index contributed by atoms with van der Waals surface area (Å²) < 4.78 is 5.07. The second-order valence-corrected chi connectivity index (χ2v) is 3.53. The fourth-order valence-corrected chi connectivity index (χ4v) is 1.08. The first-order valence-electron chi connectivity index (χ1n) is 3.40. The Morgan fingerprint density at radius 2 is 2.08 bits per heavy atom. The van der Waals surface area contributed by atoms with Crippen molar-refractivity contribution in [3.63, 3.8) is 0 Å². The van der Waals surface area contributed by atoms with Crippen molar-refractivity contribution in [2.45, 2.75) is 13.3 Å². The van der Waals surface area contributed by atoms with Crippen LogP contribution >= 0.6 is 15.9 Å². The number of carbonyl (C=O) groups is 2. The maximum Gasteiger partial charge on any atom is 0.316 e. The maximum absolute atomic E-state index is 11.0. The number of carbonyl (C=O) groups excluding carboxylic acids is 2. The van der Waals surface area contributed by atoms with Gasteiger partial charge in [-0.05, 0) is 17.8 Å². The summed E-state index contributed by atoms with van der Waals surface area (Å²) in [6.45, 7) is 4.91. The summed E-state index contributed by atoms with van der Waals surface area (Å²) >= 11 is 3.09. The summed E-state index contributed by atoms with van der Waals surface area (Å²) in [5, 5.41) is 0. The van der Waals surface area contributed by atoms with Gasteiger partial charge in [0.2, 0.25) is 0 Å². The molecule has 0 amide bonds. The first-order chi connectivity index (χ1) is 5.49. The van der Waals surface area contributed by atoms with Gasteiger partial charge in [-0.15, -0.1) is 0 Å². The van der Waals surface area contributed by atoms with Gasteiger partial charge in [0.1, 0.15) is 11.7 Å². The van der Waals surface area contributed by atoms with Gasteiger partial charge >= 0.3 is 5.97 Å². The fraction of sp³-hybridized carbons (Fsp3) is 0.500. The van der Waals surface area contributed by atoms with E-state index in [1.807, 2.05) is 0 Å². The first kappa shape index (κ1) is 11.4. The van der Waals surface area contributed by atoms with E-state index >= 15 is 0 Å². The van der Waals surface area contributed by atoms with E-state index in [1.165, 1.54) is 14.0 Å². The smallest absolute Gasteiger partial charge is 0.316 e. The molecular formula is C8H11BrO3. The van der Waals surface area contributed by atoms with E-state index in [9.17, 15) is 9.59 Å². The molecule has 0 aliphatic carbocycles. The number of Topliss-reactive ketones (excluding diaryl/α,β-unsaturated/α-hetero) is 1. The molecule has 0 aromatic rings. The quantitative estimate of drug-likeness (QED) is 0.549. The molecule has 4 heteroatoms. The summed E-state index contributed by atoms with van der Waals surface area (Å²) in [4.78, 5) is 21.9. The van der Waals surface area contributed by atoms with Crippen molar-refractivity contribution in [2.75, 3.05) is 7.11 Å². The van der Waals surface area contributed by atoms with E-state index in [0.717, 1.165) is 0 Å². The third-order valence-corrected chi connectivity index (χ3v) is 1.73. The molecule has 1 unspecified atom stereocenters. The predicted molar refractivity (Wildman–Crippen MR) is 48.9 cm³/mol. The SMILES string of the molecule is C=C(Br)CC(C(C)=O)C(=O)OC. The molecule has 68 valence electrons. The highest BCUT2D eigenvalue weighted by atomic mass is 79.9. The van der Waals surface area contributed by atoms with Gasteiger partial charge in [0.25, 0.3) is 0 Å². The van der Waals surface area contributed by atoms with E-state index in [-0.39, 0.29) is 5.78 Å². The summed E-state index contributed by atoms with van der Waals surface area (Å²) in [7, 11) is 1.26. The van der Waals surface area contributed by atoms with Gasteiger partial charge in [0, 0.05) is 0 Å². The Balaban J connectivity index is 4.33. The zero-order valence-electron chi connectivity index (χ0n) is 7.09. The molecule has 0 saturated heterocycles. The van der Waals surface area contributed by atoms with Crippen molar-refractivity contribution >= 4 is 27.7 Å². The molecule has 0 N–H and O–H groups in total. The summed E-state index contributed by atoms with van der Waals surface area (Å²) in [6.07, 6.45) is 0.294. The number of rotatable bonds is 4. The standard InChI is InChI=1S/C8H11BrO3/c1-5(9)4-7(6(2)10)8(11)12-3/h7H,1,4H2,2-3H3. The average molecular weight is 235 g/mol. The topological polar surface area (TPSA) is 43.4 Å². The minimum atomic E-state index is -0.720. The number of hydrogen-bond acceptors (Lipinski definition) is 3. The molecule has 1 atom stereocenters. The molecule has 0 radical (unpaired) electrons. The van der Waals surface area contributed by atoms with Crippen molar-refractivity contribution in [3.8, 4) is 0 Å². The summed E-state index contributed by atoms with van der Waals surface area (Å²) in [5.74, 6) is -1.44. The minimum absolute atomic E-state index is 0.206. The minimum Gasteiger partial charge on any atom is -0.468 e. The van der Waals surface area contributed by atoms with Gasteiger partial charge in [0.15, 0.2) is 0 Å². The van der Waals surface area contributed by atoms with Crippen LogP contribution in [-0.2, 0) is 14.3 Å². The van der Waals surface area contributed by atoms with Gasteiger partial charge in [-0.1, -0.05) is 22.5 Å². The number of ether oxygens (including phenoxy) is 1. The molecule has 0 spiro atoms. The summed E-state index contributed by atoms with van der Waals surface area (Å²) in [5.41, 5.74) is 0. The number of methoxy groups -OCH3 is 1. The van der Waals surface area contributed by atoms with Crippen LogP contribution in [0.5, 0.6) is 0 Å². The van der Waals surface area contributed by atoms with Crippen molar-refractivity contribution in [2.24, 2.45) is 5.92 Å². The second-order valence-electron chi connectivity index (χ2n) is 2.41. The van der Waals surface area contributed by atoms with Crippen LogP contribution in [0.25, 0.3) is 0 Å². The lowest BCUT2D eigenvalue weighted by molar-refractivity contribution is -0.148. The Labute approximate surface area is 79.9 Å². The molecule has 0 bridgehead atoms. The Hall–Kier alpha value is -0.640. The Kier molecular flexibility index (Phi) is 4.81. The molecule has 0 saturated carbocycles. The third kappa shape index (κ3) is 3.67. The van der Waals surface area contributed by atoms with E-state index in [1.54, 1.807) is 0 Å². The molecule has 0 fully saturated rings. The molecule has 0 aromatic carbocycles. The van der Waals surface area contributed by atoms with Crippen LogP contribution in [0.3, 0.4) is 0 Å². The predicted octanol–water partition coefficient (Wildman–Crippen LogP) is 1.66. The maximum atomic E-state index is 11.0. The number of halogens is 1. The average Bonchev–Trinajstić information content (AvgIpc) is 1.98. The molecule has 0 aromatic heterocycles. The highest BCUT2D eigenvalue weighted by Gasteiger charge is 2.23. The zero-order chi connectivity index (χ0) is 9.72. The van der Waals surface area contributed by atoms with Crippen LogP contribution in [0.4, 0.5) is 0 Å². The van der Waals surface area contributed by atoms with Crippen LogP contribution < -0.4 is 0 Å². The van der Waals surface area contributed by atoms with Crippen molar-refractivity contribution < 1.29 is 14.3 Å². The lowest BCUT2D eigenvalue weighted by atomic mass is 10.0. The fourth-order valence-electron chi connectivity index (χ4n) is 0.757. The Morgan fingerprint density at radius 3 is 2.33 bits per heavy atom. The van der Waals surface area contributed by atoms with Crippen LogP contribution in [0.15, 0.2) is 11.1 Å². The van der Waals surface area contributed by atoms with Crippen LogP contribution in [0.2, 0.25) is 0 Å². The third-order valence-electron chi connectivity index (χ3n) is 1.40. The summed E-state index contributed by atoms with van der Waals surface area (Å²) in [6, 6.07) is 0. The highest BCUT2D eigenvalue weighted by molar-refractivity contribution is 9.11. The number of esters is 1. The lowest BCUT2D eigenvalue weighted by Crippen LogP contribution is -2.23. The lowest BCUT2D eigenvalue weighted by Gasteiger charge is -2.09. The molecule has 12 heavy (non-hydrogen) atoms. The van der Waals surface area contributed by atoms with E-state index < -0.39 is 11.9 Å². The van der Waals surface area contributed by atoms with E-state index in [4.69, 9.17) is 0 Å². The van der Waals surface area contributed by atoms with E-state index in [0.29, 0.717) is 10.9 Å². The number of hydrogen-bond donors (Lipinski definition) is 0.